The molecule has 18 heavy (non-hydrogen) atoms. The van der Waals surface area contributed by atoms with E-state index in [2.05, 4.69) is 27.8 Å². The zero-order valence-corrected chi connectivity index (χ0v) is 11.4. The van der Waals surface area contributed by atoms with Crippen LogP contribution in [0.1, 0.15) is 19.8 Å². The second-order valence-electron chi connectivity index (χ2n) is 5.57. The lowest BCUT2D eigenvalue weighted by Crippen LogP contribution is -2.56. The summed E-state index contributed by atoms with van der Waals surface area (Å²) < 4.78 is 0. The summed E-state index contributed by atoms with van der Waals surface area (Å²) in [7, 11) is 0. The fraction of sp³-hybridized carbons (Fsp3) is 0.923. The Bertz CT molecular complexity index is 260. The Hall–Kier alpha value is -0.650. The van der Waals surface area contributed by atoms with Crippen molar-refractivity contribution in [1.82, 2.24) is 20.9 Å². The predicted octanol–water partition coefficient (Wildman–Crippen LogP) is -0.604. The SMILES string of the molecule is CC(CNC(=O)C1CNCCN1)CN1CCCC1. The number of carbonyl (C=O) groups excluding carboxylic acids is 1. The largest absolute Gasteiger partial charge is 0.354 e. The maximum atomic E-state index is 11.9. The quantitative estimate of drug-likeness (QED) is 0.613. The highest BCUT2D eigenvalue weighted by molar-refractivity contribution is 5.82. The predicted molar refractivity (Wildman–Crippen MR) is 72.5 cm³/mol. The van der Waals surface area contributed by atoms with E-state index in [1.54, 1.807) is 0 Å². The molecule has 2 aliphatic heterocycles. The molecule has 104 valence electrons. The number of hydrogen-bond acceptors (Lipinski definition) is 4. The van der Waals surface area contributed by atoms with Crippen LogP contribution in [0.25, 0.3) is 0 Å². The van der Waals surface area contributed by atoms with Gasteiger partial charge in [0.05, 0.1) is 6.04 Å². The molecule has 2 rings (SSSR count). The lowest BCUT2D eigenvalue weighted by molar-refractivity contribution is -0.123. The summed E-state index contributed by atoms with van der Waals surface area (Å²) in [5.41, 5.74) is 0. The zero-order valence-electron chi connectivity index (χ0n) is 11.4. The van der Waals surface area contributed by atoms with Crippen molar-refractivity contribution in [2.24, 2.45) is 5.92 Å². The number of hydrogen-bond donors (Lipinski definition) is 3. The highest BCUT2D eigenvalue weighted by Crippen LogP contribution is 2.09. The first-order valence-corrected chi connectivity index (χ1v) is 7.20. The first kappa shape index (κ1) is 13.8. The van der Waals surface area contributed by atoms with Crippen molar-refractivity contribution in [3.63, 3.8) is 0 Å². The van der Waals surface area contributed by atoms with Gasteiger partial charge >= 0.3 is 0 Å². The smallest absolute Gasteiger partial charge is 0.238 e. The van der Waals surface area contributed by atoms with Crippen LogP contribution in [0, 0.1) is 5.92 Å². The fourth-order valence-electron chi connectivity index (χ4n) is 2.71. The van der Waals surface area contributed by atoms with E-state index in [1.165, 1.54) is 25.9 Å². The minimum Gasteiger partial charge on any atom is -0.354 e. The van der Waals surface area contributed by atoms with Crippen LogP contribution in [0.5, 0.6) is 0 Å². The molecule has 0 aliphatic carbocycles. The van der Waals surface area contributed by atoms with E-state index >= 15 is 0 Å². The minimum absolute atomic E-state index is 0.0577. The van der Waals surface area contributed by atoms with Crippen molar-refractivity contribution < 1.29 is 4.79 Å². The van der Waals surface area contributed by atoms with Gasteiger partial charge in [0.2, 0.25) is 5.91 Å². The van der Waals surface area contributed by atoms with Crippen LogP contribution in [0.15, 0.2) is 0 Å². The summed E-state index contributed by atoms with van der Waals surface area (Å²) >= 11 is 0. The third kappa shape index (κ3) is 4.23. The van der Waals surface area contributed by atoms with Crippen LogP contribution in [-0.2, 0) is 4.79 Å². The first-order chi connectivity index (χ1) is 8.75. The molecule has 2 saturated heterocycles. The fourth-order valence-corrected chi connectivity index (χ4v) is 2.71. The lowest BCUT2D eigenvalue weighted by atomic mass is 10.1. The molecule has 5 heteroatoms. The van der Waals surface area contributed by atoms with E-state index in [4.69, 9.17) is 0 Å². The molecule has 0 aromatic rings. The lowest BCUT2D eigenvalue weighted by Gasteiger charge is -2.25. The van der Waals surface area contributed by atoms with E-state index in [9.17, 15) is 4.79 Å². The molecule has 3 N–H and O–H groups in total. The highest BCUT2D eigenvalue weighted by atomic mass is 16.2. The first-order valence-electron chi connectivity index (χ1n) is 7.20. The van der Waals surface area contributed by atoms with Crippen molar-refractivity contribution in [2.45, 2.75) is 25.8 Å². The maximum Gasteiger partial charge on any atom is 0.238 e. The Morgan fingerprint density at radius 2 is 2.17 bits per heavy atom. The van der Waals surface area contributed by atoms with Gasteiger partial charge in [-0.1, -0.05) is 6.92 Å². The summed E-state index contributed by atoms with van der Waals surface area (Å²) in [6.07, 6.45) is 2.66. The summed E-state index contributed by atoms with van der Waals surface area (Å²) in [4.78, 5) is 14.4. The van der Waals surface area contributed by atoms with Gasteiger partial charge in [-0.15, -0.1) is 0 Å². The summed E-state index contributed by atoms with van der Waals surface area (Å²) in [5, 5.41) is 9.52. The summed E-state index contributed by atoms with van der Waals surface area (Å²) in [5.74, 6) is 0.666. The standard InChI is InChI=1S/C13H26N4O/c1-11(10-17-6-2-3-7-17)8-16-13(18)12-9-14-4-5-15-12/h11-12,14-15H,2-10H2,1H3,(H,16,18). The summed E-state index contributed by atoms with van der Waals surface area (Å²) in [6, 6.07) is -0.0577. The van der Waals surface area contributed by atoms with Gasteiger partial charge in [-0.3, -0.25) is 4.79 Å². The molecule has 1 amide bonds. The minimum atomic E-state index is -0.0577. The van der Waals surface area contributed by atoms with Crippen molar-refractivity contribution in [1.29, 1.82) is 0 Å². The van der Waals surface area contributed by atoms with E-state index in [0.29, 0.717) is 5.92 Å². The number of piperazine rings is 1. The van der Waals surface area contributed by atoms with E-state index in [-0.39, 0.29) is 11.9 Å². The number of rotatable bonds is 5. The second-order valence-corrected chi connectivity index (χ2v) is 5.57. The van der Waals surface area contributed by atoms with E-state index in [1.807, 2.05) is 0 Å². The van der Waals surface area contributed by atoms with Crippen LogP contribution in [0.4, 0.5) is 0 Å². The molecule has 0 aromatic carbocycles. The van der Waals surface area contributed by atoms with Gasteiger partial charge < -0.3 is 20.9 Å². The summed E-state index contributed by atoms with van der Waals surface area (Å²) in [6.45, 7) is 9.14. The Morgan fingerprint density at radius 3 is 2.83 bits per heavy atom. The normalized spacial score (nSPS) is 27.1. The van der Waals surface area contributed by atoms with Gasteiger partial charge in [0.15, 0.2) is 0 Å². The second kappa shape index (κ2) is 7.07. The molecular formula is C13H26N4O. The van der Waals surface area contributed by atoms with Gasteiger partial charge in [-0.05, 0) is 31.8 Å². The molecule has 0 spiro atoms. The van der Waals surface area contributed by atoms with Gasteiger partial charge in [0, 0.05) is 32.7 Å². The van der Waals surface area contributed by atoms with Crippen LogP contribution in [-0.4, -0.2) is 62.7 Å². The Kier molecular flexibility index (Phi) is 5.41. The van der Waals surface area contributed by atoms with Gasteiger partial charge in [0.1, 0.15) is 0 Å². The van der Waals surface area contributed by atoms with Crippen molar-refractivity contribution in [3.8, 4) is 0 Å². The molecule has 0 radical (unpaired) electrons. The highest BCUT2D eigenvalue weighted by Gasteiger charge is 2.21. The average molecular weight is 254 g/mol. The van der Waals surface area contributed by atoms with Gasteiger partial charge in [0.25, 0.3) is 0 Å². The third-order valence-electron chi connectivity index (χ3n) is 3.75. The number of amides is 1. The van der Waals surface area contributed by atoms with Crippen molar-refractivity contribution in [3.05, 3.63) is 0 Å². The van der Waals surface area contributed by atoms with Gasteiger partial charge in [-0.25, -0.2) is 0 Å². The van der Waals surface area contributed by atoms with Crippen LogP contribution in [0.2, 0.25) is 0 Å². The van der Waals surface area contributed by atoms with Gasteiger partial charge in [-0.2, -0.15) is 0 Å². The molecule has 2 atom stereocenters. The Balaban J connectivity index is 1.61. The monoisotopic (exact) mass is 254 g/mol. The Morgan fingerprint density at radius 1 is 1.39 bits per heavy atom. The molecule has 0 aromatic heterocycles. The molecule has 2 aliphatic rings. The third-order valence-corrected chi connectivity index (χ3v) is 3.75. The molecule has 2 heterocycles. The van der Waals surface area contributed by atoms with Crippen molar-refractivity contribution >= 4 is 5.91 Å². The Labute approximate surface area is 110 Å². The number of likely N-dealkylation sites (tertiary alicyclic amines) is 1. The zero-order chi connectivity index (χ0) is 12.8. The number of carbonyl (C=O) groups is 1. The molecule has 5 nitrogen and oxygen atoms in total. The maximum absolute atomic E-state index is 11.9. The molecular weight excluding hydrogens is 228 g/mol. The number of nitrogens with one attached hydrogen (secondary N) is 3. The molecule has 0 saturated carbocycles. The van der Waals surface area contributed by atoms with Crippen LogP contribution >= 0.6 is 0 Å². The van der Waals surface area contributed by atoms with Crippen LogP contribution < -0.4 is 16.0 Å². The van der Waals surface area contributed by atoms with Crippen molar-refractivity contribution in [2.75, 3.05) is 45.8 Å². The van der Waals surface area contributed by atoms with E-state index < -0.39 is 0 Å². The molecule has 2 fully saturated rings. The number of nitrogens with zero attached hydrogens (tertiary/aromatic N) is 1. The molecule has 2 unspecified atom stereocenters. The van der Waals surface area contributed by atoms with Crippen LogP contribution in [0.3, 0.4) is 0 Å². The average Bonchev–Trinajstić information content (AvgIpc) is 2.90. The topological polar surface area (TPSA) is 56.4 Å². The molecule has 0 bridgehead atoms. The van der Waals surface area contributed by atoms with E-state index in [0.717, 1.165) is 32.7 Å².